The zero-order valence-corrected chi connectivity index (χ0v) is 24.9. The van der Waals surface area contributed by atoms with Crippen LogP contribution in [0.3, 0.4) is 0 Å². The molecule has 0 N–H and O–H groups in total. The van der Waals surface area contributed by atoms with Gasteiger partial charge in [-0.1, -0.05) is 102 Å². The molecule has 0 aliphatic carbocycles. The Balaban J connectivity index is 2.25. The average Bonchev–Trinajstić information content (AvgIpc) is 2.75. The standard InChI is InChI=1S/C29H46O3Si2/c1-24(31-33(8,9)28(2,3)4)17-16-18-25(23-30)32-34(29(5,6)7,26-19-12-10-13-20-26)27-21-14-11-15-22-27/h10-15,19-25H,16-18H2,1-9H3/t24-,25+/m0/s1. The molecule has 2 aromatic rings. The molecule has 0 bridgehead atoms. The third-order valence-electron chi connectivity index (χ3n) is 7.30. The maximum Gasteiger partial charge on any atom is 0.262 e. The van der Waals surface area contributed by atoms with E-state index < -0.39 is 22.7 Å². The normalized spacial score (nSPS) is 15.1. The van der Waals surface area contributed by atoms with Gasteiger partial charge in [-0.15, -0.1) is 0 Å². The van der Waals surface area contributed by atoms with Crippen LogP contribution in [0.25, 0.3) is 0 Å². The zero-order chi connectivity index (χ0) is 25.6. The zero-order valence-electron chi connectivity index (χ0n) is 22.9. The lowest BCUT2D eigenvalue weighted by atomic mass is 10.1. The van der Waals surface area contributed by atoms with Gasteiger partial charge in [-0.2, -0.15) is 0 Å². The van der Waals surface area contributed by atoms with Gasteiger partial charge >= 0.3 is 0 Å². The summed E-state index contributed by atoms with van der Waals surface area (Å²) in [6.07, 6.45) is 3.29. The molecule has 0 radical (unpaired) electrons. The van der Waals surface area contributed by atoms with Crippen LogP contribution in [0.1, 0.15) is 67.7 Å². The van der Waals surface area contributed by atoms with Crippen molar-refractivity contribution in [2.45, 2.75) is 103 Å². The number of hydrogen-bond donors (Lipinski definition) is 0. The first-order chi connectivity index (χ1) is 15.7. The van der Waals surface area contributed by atoms with Crippen LogP contribution in [0.4, 0.5) is 0 Å². The monoisotopic (exact) mass is 498 g/mol. The highest BCUT2D eigenvalue weighted by atomic mass is 28.4. The topological polar surface area (TPSA) is 35.5 Å². The van der Waals surface area contributed by atoms with Crippen molar-refractivity contribution in [2.24, 2.45) is 0 Å². The van der Waals surface area contributed by atoms with Crippen molar-refractivity contribution in [3.63, 3.8) is 0 Å². The van der Waals surface area contributed by atoms with Crippen LogP contribution in [0.5, 0.6) is 0 Å². The predicted molar refractivity (Wildman–Crippen MR) is 150 cm³/mol. The molecule has 0 amide bonds. The Labute approximate surface area is 210 Å². The molecule has 0 heterocycles. The van der Waals surface area contributed by atoms with Gasteiger partial charge in [0.1, 0.15) is 12.4 Å². The summed E-state index contributed by atoms with van der Waals surface area (Å²) in [4.78, 5) is 12.3. The Bertz CT molecular complexity index is 844. The number of aldehydes is 1. The van der Waals surface area contributed by atoms with Gasteiger partial charge in [0, 0.05) is 6.10 Å². The van der Waals surface area contributed by atoms with Crippen molar-refractivity contribution < 1.29 is 13.6 Å². The molecular weight excluding hydrogens is 452 g/mol. The Morgan fingerprint density at radius 2 is 1.24 bits per heavy atom. The minimum Gasteiger partial charge on any atom is -0.414 e. The fourth-order valence-electron chi connectivity index (χ4n) is 4.42. The van der Waals surface area contributed by atoms with E-state index in [9.17, 15) is 4.79 Å². The summed E-state index contributed by atoms with van der Waals surface area (Å²) in [5.74, 6) is 0. The lowest BCUT2D eigenvalue weighted by molar-refractivity contribution is -0.114. The van der Waals surface area contributed by atoms with E-state index in [1.165, 1.54) is 10.4 Å². The van der Waals surface area contributed by atoms with Gasteiger partial charge in [-0.25, -0.2) is 0 Å². The van der Waals surface area contributed by atoms with E-state index in [1.807, 2.05) is 12.1 Å². The molecule has 0 unspecified atom stereocenters. The van der Waals surface area contributed by atoms with E-state index in [0.29, 0.717) is 6.42 Å². The van der Waals surface area contributed by atoms with Crippen molar-refractivity contribution in [2.75, 3.05) is 0 Å². The van der Waals surface area contributed by atoms with E-state index in [-0.39, 0.29) is 16.2 Å². The second-order valence-corrected chi connectivity index (χ2v) is 21.1. The third-order valence-corrected chi connectivity index (χ3v) is 17.0. The molecular formula is C29H46O3Si2. The van der Waals surface area contributed by atoms with Crippen molar-refractivity contribution in [1.29, 1.82) is 0 Å². The fraction of sp³-hybridized carbons (Fsp3) is 0.552. The van der Waals surface area contributed by atoms with Crippen LogP contribution in [0, 0.1) is 0 Å². The number of carbonyl (C=O) groups is 1. The Morgan fingerprint density at radius 3 is 1.62 bits per heavy atom. The third kappa shape index (κ3) is 6.78. The van der Waals surface area contributed by atoms with Crippen LogP contribution < -0.4 is 10.4 Å². The van der Waals surface area contributed by atoms with Crippen molar-refractivity contribution >= 4 is 33.3 Å². The molecule has 5 heteroatoms. The van der Waals surface area contributed by atoms with E-state index in [0.717, 1.165) is 19.1 Å². The SMILES string of the molecule is C[C@@H](CCC[C@H](C=O)O[Si](c1ccccc1)(c1ccccc1)C(C)(C)C)O[Si](C)(C)C(C)(C)C. The minimum atomic E-state index is -2.73. The lowest BCUT2D eigenvalue weighted by Crippen LogP contribution is -2.67. The molecule has 0 saturated heterocycles. The molecule has 0 aliphatic rings. The van der Waals surface area contributed by atoms with Crippen LogP contribution >= 0.6 is 0 Å². The fourth-order valence-corrected chi connectivity index (χ4v) is 10.5. The van der Waals surface area contributed by atoms with Gasteiger partial charge in [0.15, 0.2) is 8.32 Å². The predicted octanol–water partition coefficient (Wildman–Crippen LogP) is 6.71. The number of benzene rings is 2. The highest BCUT2D eigenvalue weighted by Crippen LogP contribution is 2.39. The average molecular weight is 499 g/mol. The summed E-state index contributed by atoms with van der Waals surface area (Å²) in [5, 5.41) is 2.46. The van der Waals surface area contributed by atoms with Crippen LogP contribution in [0.2, 0.25) is 23.2 Å². The Morgan fingerprint density at radius 1 is 0.765 bits per heavy atom. The summed E-state index contributed by atoms with van der Waals surface area (Å²) in [5.41, 5.74) is 0. The van der Waals surface area contributed by atoms with Gasteiger partial charge in [0.25, 0.3) is 8.32 Å². The van der Waals surface area contributed by atoms with Gasteiger partial charge in [0.2, 0.25) is 0 Å². The molecule has 0 aliphatic heterocycles. The molecule has 188 valence electrons. The number of carbonyl (C=O) groups excluding carboxylic acids is 1. The summed E-state index contributed by atoms with van der Waals surface area (Å²) in [6.45, 7) is 20.3. The molecule has 0 fully saturated rings. The second-order valence-electron chi connectivity index (χ2n) is 12.1. The maximum atomic E-state index is 12.3. The van der Waals surface area contributed by atoms with Crippen molar-refractivity contribution in [3.05, 3.63) is 60.7 Å². The van der Waals surface area contributed by atoms with Crippen LogP contribution in [-0.4, -0.2) is 35.1 Å². The smallest absolute Gasteiger partial charge is 0.262 e. The van der Waals surface area contributed by atoms with E-state index in [2.05, 4.69) is 110 Å². The minimum absolute atomic E-state index is 0.143. The summed E-state index contributed by atoms with van der Waals surface area (Å²) in [7, 11) is -4.53. The summed E-state index contributed by atoms with van der Waals surface area (Å²) in [6, 6.07) is 21.0. The van der Waals surface area contributed by atoms with Gasteiger partial charge in [-0.3, -0.25) is 0 Å². The number of hydrogen-bond acceptors (Lipinski definition) is 3. The molecule has 0 saturated carbocycles. The lowest BCUT2D eigenvalue weighted by Gasteiger charge is -2.44. The van der Waals surface area contributed by atoms with Crippen LogP contribution in [0.15, 0.2) is 60.7 Å². The van der Waals surface area contributed by atoms with Crippen molar-refractivity contribution in [3.8, 4) is 0 Å². The first-order valence-corrected chi connectivity index (χ1v) is 17.5. The highest BCUT2D eigenvalue weighted by Gasteiger charge is 2.51. The first-order valence-electron chi connectivity index (χ1n) is 12.7. The molecule has 0 spiro atoms. The van der Waals surface area contributed by atoms with Crippen LogP contribution in [-0.2, 0) is 13.6 Å². The molecule has 34 heavy (non-hydrogen) atoms. The second kappa shape index (κ2) is 11.5. The first kappa shape index (κ1) is 28.7. The van der Waals surface area contributed by atoms with Crippen molar-refractivity contribution in [1.82, 2.24) is 0 Å². The summed E-state index contributed by atoms with van der Waals surface area (Å²) >= 11 is 0. The Hall–Kier alpha value is -1.54. The largest absolute Gasteiger partial charge is 0.414 e. The van der Waals surface area contributed by atoms with Gasteiger partial charge in [0.05, 0.1) is 0 Å². The van der Waals surface area contributed by atoms with Gasteiger partial charge < -0.3 is 13.6 Å². The molecule has 2 atom stereocenters. The maximum absolute atomic E-state index is 12.3. The molecule has 2 aromatic carbocycles. The van der Waals surface area contributed by atoms with E-state index in [4.69, 9.17) is 8.85 Å². The number of rotatable bonds is 11. The van der Waals surface area contributed by atoms with Gasteiger partial charge in [-0.05, 0) is 59.7 Å². The quantitative estimate of drug-likeness (QED) is 0.255. The summed E-state index contributed by atoms with van der Waals surface area (Å²) < 4.78 is 13.5. The molecule has 2 rings (SSSR count). The van der Waals surface area contributed by atoms with E-state index >= 15 is 0 Å². The van der Waals surface area contributed by atoms with E-state index in [1.54, 1.807) is 0 Å². The molecule has 3 nitrogen and oxygen atoms in total. The Kier molecular flexibility index (Phi) is 9.68. The highest BCUT2D eigenvalue weighted by molar-refractivity contribution is 6.99. The molecule has 0 aromatic heterocycles.